The van der Waals surface area contributed by atoms with Crippen molar-refractivity contribution in [2.75, 3.05) is 17.2 Å². The molecule has 0 heterocycles. The lowest BCUT2D eigenvalue weighted by Crippen LogP contribution is -2.49. The molecule has 0 saturated heterocycles. The molecular formula is C48H67N7O13. The van der Waals surface area contributed by atoms with Gasteiger partial charge >= 0.3 is 24.0 Å². The number of unbranched alkanes of at least 4 members (excludes halogenated alkanes) is 1. The molecule has 0 spiro atoms. The molecule has 68 heavy (non-hydrogen) atoms. The maximum atomic E-state index is 14.1. The van der Waals surface area contributed by atoms with Gasteiger partial charge in [0, 0.05) is 74.2 Å². The topological polar surface area (TPSA) is 340 Å². The molecule has 0 radical (unpaired) electrons. The van der Waals surface area contributed by atoms with Crippen molar-refractivity contribution >= 4 is 76.2 Å². The summed E-state index contributed by atoms with van der Waals surface area (Å²) in [5.41, 5.74) is 13.1. The third-order valence-corrected chi connectivity index (χ3v) is 11.6. The molecule has 0 aliphatic heterocycles. The number of ketones is 4. The molecule has 11 N–H and O–H groups in total. The molecule has 0 bridgehead atoms. The first-order valence-corrected chi connectivity index (χ1v) is 22.8. The van der Waals surface area contributed by atoms with E-state index in [-0.39, 0.29) is 63.7 Å². The van der Waals surface area contributed by atoms with E-state index in [1.165, 1.54) is 0 Å². The second-order valence-electron chi connectivity index (χ2n) is 17.2. The van der Waals surface area contributed by atoms with Gasteiger partial charge in [-0.3, -0.25) is 43.2 Å². The van der Waals surface area contributed by atoms with Gasteiger partial charge in [-0.15, -0.1) is 0 Å². The van der Waals surface area contributed by atoms with E-state index in [1.807, 2.05) is 19.1 Å². The van der Waals surface area contributed by atoms with Gasteiger partial charge in [-0.05, 0) is 81.2 Å². The summed E-state index contributed by atoms with van der Waals surface area (Å²) in [6, 6.07) is 10.1. The summed E-state index contributed by atoms with van der Waals surface area (Å²) in [5, 5.41) is 31.9. The van der Waals surface area contributed by atoms with Crippen molar-refractivity contribution in [2.24, 2.45) is 35.1 Å². The van der Waals surface area contributed by atoms with Gasteiger partial charge in [-0.1, -0.05) is 57.0 Å². The number of para-hydroxylation sites is 1. The molecule has 0 fully saturated rings. The van der Waals surface area contributed by atoms with E-state index in [2.05, 4.69) is 26.6 Å². The van der Waals surface area contributed by atoms with Crippen LogP contribution in [0, 0.1) is 30.6 Å². The van der Waals surface area contributed by atoms with Gasteiger partial charge in [-0.2, -0.15) is 0 Å². The zero-order chi connectivity index (χ0) is 50.9. The lowest BCUT2D eigenvalue weighted by molar-refractivity contribution is -0.141. The van der Waals surface area contributed by atoms with Crippen molar-refractivity contribution in [3.05, 3.63) is 59.7 Å². The Bertz CT molecular complexity index is 2110. The number of carbonyl (C=O) groups is 11. The fourth-order valence-electron chi connectivity index (χ4n) is 7.41. The lowest BCUT2D eigenvalue weighted by Gasteiger charge is -2.28. The quantitative estimate of drug-likeness (QED) is 0.0450. The van der Waals surface area contributed by atoms with Crippen LogP contribution in [0.4, 0.5) is 21.0 Å². The number of aryl methyl sites for hydroxylation is 1. The summed E-state index contributed by atoms with van der Waals surface area (Å²) >= 11 is 0. The average molecular weight is 950 g/mol. The summed E-state index contributed by atoms with van der Waals surface area (Å²) in [6.45, 7) is 6.62. The number of Topliss-reactive ketones (excluding diaryl/α,β-unsaturated/α-hetero) is 4. The molecular weight excluding hydrogens is 883 g/mol. The summed E-state index contributed by atoms with van der Waals surface area (Å²) < 4.78 is 0. The van der Waals surface area contributed by atoms with E-state index < -0.39 is 114 Å². The van der Waals surface area contributed by atoms with Crippen LogP contribution in [0.2, 0.25) is 0 Å². The number of carbonyl (C=O) groups excluding carboxylic acids is 9. The van der Waals surface area contributed by atoms with E-state index in [0.29, 0.717) is 36.2 Å². The van der Waals surface area contributed by atoms with Gasteiger partial charge in [0.05, 0.1) is 18.5 Å². The highest BCUT2D eigenvalue weighted by molar-refractivity contribution is 6.00. The van der Waals surface area contributed by atoms with Gasteiger partial charge in [0.1, 0.15) is 11.6 Å². The minimum atomic E-state index is -1.35. The van der Waals surface area contributed by atoms with Gasteiger partial charge in [0.25, 0.3) is 0 Å². The molecule has 0 aromatic heterocycles. The first-order chi connectivity index (χ1) is 32.1. The Morgan fingerprint density at radius 2 is 1.29 bits per heavy atom. The molecule has 0 aliphatic carbocycles. The smallest absolute Gasteiger partial charge is 0.323 e. The molecule has 1 unspecified atom stereocenters. The first-order valence-electron chi connectivity index (χ1n) is 22.8. The van der Waals surface area contributed by atoms with Gasteiger partial charge in [0.2, 0.25) is 17.7 Å². The zero-order valence-electron chi connectivity index (χ0n) is 39.2. The number of nitrogens with one attached hydrogen (secondary N) is 5. The number of nitrogens with two attached hydrogens (primary N) is 2. The SMILES string of the molecule is CCC(C)[C@H](NC(=O)[C@H](CCC(N)=O)CC(=O)[C@H](CCCC(=O)O)NC(=O)[C@H](CCCCNC(N)=O)CC(=O)Cc1ccc(NC(=O)Nc2ccccc2C)cc1)C(=O)C[C@@H](CC(=O)O)C(C)=O. The molecule has 7 amide bonds. The number of hydrogen-bond donors (Lipinski definition) is 9. The van der Waals surface area contributed by atoms with Crippen LogP contribution >= 0.6 is 0 Å². The molecule has 0 saturated carbocycles. The van der Waals surface area contributed by atoms with E-state index in [4.69, 9.17) is 11.5 Å². The number of primary amides is 2. The number of benzene rings is 2. The molecule has 6 atom stereocenters. The number of urea groups is 2. The summed E-state index contributed by atoms with van der Waals surface area (Å²) in [4.78, 5) is 140. The van der Waals surface area contributed by atoms with Crippen molar-refractivity contribution in [1.82, 2.24) is 16.0 Å². The van der Waals surface area contributed by atoms with E-state index in [1.54, 1.807) is 50.2 Å². The number of hydrogen-bond acceptors (Lipinski definition) is 11. The molecule has 2 aromatic carbocycles. The zero-order valence-corrected chi connectivity index (χ0v) is 39.2. The Morgan fingerprint density at radius 1 is 0.662 bits per heavy atom. The Morgan fingerprint density at radius 3 is 1.88 bits per heavy atom. The van der Waals surface area contributed by atoms with Crippen molar-refractivity contribution in [2.45, 2.75) is 130 Å². The van der Waals surface area contributed by atoms with Crippen LogP contribution in [-0.4, -0.2) is 93.7 Å². The maximum absolute atomic E-state index is 14.1. The summed E-state index contributed by atoms with van der Waals surface area (Å²) in [5.74, 6) is -10.8. The number of amides is 7. The minimum Gasteiger partial charge on any atom is -0.481 e. The number of carboxylic acids is 2. The minimum absolute atomic E-state index is 0.0663. The lowest BCUT2D eigenvalue weighted by atomic mass is 9.86. The predicted molar refractivity (Wildman–Crippen MR) is 251 cm³/mol. The Labute approximate surface area is 395 Å². The number of carboxylic acid groups (broad SMARTS) is 2. The van der Waals surface area contributed by atoms with E-state index >= 15 is 0 Å². The standard InChI is InChI=1S/C48H67N7O13/c1-5-28(2)44(40(59)26-34(30(4)56)27-43(63)64)55-46(66)33(18-21-41(49)60)25-39(58)38(14-10-15-42(61)62)53-45(65)32(12-8-9-22-51-47(50)67)24-36(57)23-31-16-19-35(20-17-31)52-48(68)54-37-13-7-6-11-29(37)3/h6-7,11,13,16-17,19-20,28,32-34,38,44H,5,8-10,12,14-15,18,21-27H2,1-4H3,(H2,49,60)(H,53,65)(H,55,66)(H,61,62)(H,63,64)(H3,50,51,67)(H2,52,54,68)/t28?,32-,33-,34+,38+,44+/m1/s1. The number of rotatable bonds is 33. The summed E-state index contributed by atoms with van der Waals surface area (Å²) in [6.07, 6.45) is -1.93. The highest BCUT2D eigenvalue weighted by Crippen LogP contribution is 2.23. The molecule has 372 valence electrons. The summed E-state index contributed by atoms with van der Waals surface area (Å²) in [7, 11) is 0. The van der Waals surface area contributed by atoms with E-state index in [9.17, 15) is 63.0 Å². The fourth-order valence-corrected chi connectivity index (χ4v) is 7.41. The fraction of sp³-hybridized carbons (Fsp3) is 0.521. The molecule has 20 nitrogen and oxygen atoms in total. The van der Waals surface area contributed by atoms with Gasteiger partial charge in [-0.25, -0.2) is 9.59 Å². The largest absolute Gasteiger partial charge is 0.481 e. The van der Waals surface area contributed by atoms with Crippen molar-refractivity contribution in [1.29, 1.82) is 0 Å². The van der Waals surface area contributed by atoms with Gasteiger partial charge in [0.15, 0.2) is 11.6 Å². The number of aliphatic carboxylic acids is 2. The van der Waals surface area contributed by atoms with E-state index in [0.717, 1.165) is 12.5 Å². The highest BCUT2D eigenvalue weighted by Gasteiger charge is 2.35. The predicted octanol–water partition coefficient (Wildman–Crippen LogP) is 4.35. The third-order valence-electron chi connectivity index (χ3n) is 11.6. The van der Waals surface area contributed by atoms with Crippen LogP contribution in [0.3, 0.4) is 0 Å². The van der Waals surface area contributed by atoms with Crippen molar-refractivity contribution in [3.63, 3.8) is 0 Å². The second kappa shape index (κ2) is 29.6. The van der Waals surface area contributed by atoms with Crippen molar-refractivity contribution in [3.8, 4) is 0 Å². The molecule has 0 aliphatic rings. The van der Waals surface area contributed by atoms with Crippen LogP contribution in [0.5, 0.6) is 0 Å². The van der Waals surface area contributed by atoms with Crippen LogP contribution in [0.25, 0.3) is 0 Å². The Kier molecular flexibility index (Phi) is 24.9. The Hall–Kier alpha value is -6.99. The molecule has 20 heteroatoms. The second-order valence-corrected chi connectivity index (χ2v) is 17.2. The third kappa shape index (κ3) is 22.0. The normalized spacial score (nSPS) is 13.5. The van der Waals surface area contributed by atoms with Crippen molar-refractivity contribution < 1.29 is 63.0 Å². The van der Waals surface area contributed by atoms with Gasteiger partial charge < -0.3 is 48.3 Å². The van der Waals surface area contributed by atoms with Crippen LogP contribution in [-0.2, 0) is 49.6 Å². The first kappa shape index (κ1) is 57.1. The average Bonchev–Trinajstić information content (AvgIpc) is 3.26. The molecule has 2 aromatic rings. The maximum Gasteiger partial charge on any atom is 0.323 e. The monoisotopic (exact) mass is 949 g/mol. The Balaban J connectivity index is 2.33. The highest BCUT2D eigenvalue weighted by atomic mass is 16.4. The van der Waals surface area contributed by atoms with Crippen LogP contribution in [0.1, 0.15) is 115 Å². The number of anilines is 2. The molecule has 2 rings (SSSR count). The van der Waals surface area contributed by atoms with Crippen LogP contribution in [0.15, 0.2) is 48.5 Å². The van der Waals surface area contributed by atoms with Crippen LogP contribution < -0.4 is 38.1 Å².